The zero-order valence-corrected chi connectivity index (χ0v) is 12.2. The van der Waals surface area contributed by atoms with Gasteiger partial charge in [-0.15, -0.1) is 0 Å². The second kappa shape index (κ2) is 5.57. The van der Waals surface area contributed by atoms with Crippen LogP contribution in [0.4, 0.5) is 0 Å². The second-order valence-electron chi connectivity index (χ2n) is 6.35. The Labute approximate surface area is 121 Å². The van der Waals surface area contributed by atoms with Gasteiger partial charge in [-0.1, -0.05) is 30.3 Å². The molecule has 2 fully saturated rings. The molecule has 1 aliphatic heterocycles. The van der Waals surface area contributed by atoms with Crippen molar-refractivity contribution in [2.75, 3.05) is 6.54 Å². The van der Waals surface area contributed by atoms with E-state index in [9.17, 15) is 4.79 Å². The Kier molecular flexibility index (Phi) is 3.79. The fourth-order valence-electron chi connectivity index (χ4n) is 3.87. The lowest BCUT2D eigenvalue weighted by Crippen LogP contribution is -2.39. The van der Waals surface area contributed by atoms with E-state index >= 15 is 0 Å². The Hall–Kier alpha value is -1.35. The Morgan fingerprint density at radius 3 is 2.60 bits per heavy atom. The maximum Gasteiger partial charge on any atom is 0.226 e. The molecule has 1 saturated heterocycles. The standard InChI is InChI=1S/C17H24N2O/c1-12-16(13-5-3-2-4-6-13)9-10-19(12)17(20)14-7-8-15(18)11-14/h2-6,12,14-16H,7-11,18H2,1H3/t12-,14-,15-,16-/m1/s1. The molecule has 0 spiro atoms. The molecule has 1 saturated carbocycles. The molecular formula is C17H24N2O. The van der Waals surface area contributed by atoms with Crippen LogP contribution in [0.5, 0.6) is 0 Å². The summed E-state index contributed by atoms with van der Waals surface area (Å²) in [4.78, 5) is 14.7. The highest BCUT2D eigenvalue weighted by Gasteiger charge is 2.39. The van der Waals surface area contributed by atoms with Crippen molar-refractivity contribution in [1.29, 1.82) is 0 Å². The molecule has 3 rings (SSSR count). The lowest BCUT2D eigenvalue weighted by molar-refractivity contribution is -0.136. The van der Waals surface area contributed by atoms with Gasteiger partial charge in [0, 0.05) is 30.5 Å². The van der Waals surface area contributed by atoms with Crippen molar-refractivity contribution in [2.24, 2.45) is 11.7 Å². The van der Waals surface area contributed by atoms with Gasteiger partial charge in [0.25, 0.3) is 0 Å². The summed E-state index contributed by atoms with van der Waals surface area (Å²) in [6.45, 7) is 3.09. The SMILES string of the molecule is C[C@@H]1[C@H](c2ccccc2)CCN1C(=O)[C@@H]1CC[C@@H](N)C1. The van der Waals surface area contributed by atoms with E-state index in [0.29, 0.717) is 17.9 Å². The summed E-state index contributed by atoms with van der Waals surface area (Å²) in [5.74, 6) is 0.987. The number of amides is 1. The van der Waals surface area contributed by atoms with E-state index in [0.717, 1.165) is 32.2 Å². The first-order valence-electron chi connectivity index (χ1n) is 7.78. The molecule has 3 heteroatoms. The third-order valence-corrected chi connectivity index (χ3v) is 5.09. The molecule has 0 radical (unpaired) electrons. The van der Waals surface area contributed by atoms with Gasteiger partial charge in [0.1, 0.15) is 0 Å². The van der Waals surface area contributed by atoms with Gasteiger partial charge >= 0.3 is 0 Å². The number of nitrogens with two attached hydrogens (primary N) is 1. The number of carbonyl (C=O) groups excluding carboxylic acids is 1. The summed E-state index contributed by atoms with van der Waals surface area (Å²) in [6, 6.07) is 11.1. The number of hydrogen-bond acceptors (Lipinski definition) is 2. The maximum atomic E-state index is 12.7. The minimum Gasteiger partial charge on any atom is -0.339 e. The van der Waals surface area contributed by atoms with Crippen LogP contribution in [-0.2, 0) is 4.79 Å². The van der Waals surface area contributed by atoms with Gasteiger partial charge in [-0.25, -0.2) is 0 Å². The summed E-state index contributed by atoms with van der Waals surface area (Å²) in [6.07, 6.45) is 3.92. The van der Waals surface area contributed by atoms with Gasteiger partial charge in [0.05, 0.1) is 0 Å². The van der Waals surface area contributed by atoms with E-state index in [1.54, 1.807) is 0 Å². The van der Waals surface area contributed by atoms with Crippen molar-refractivity contribution >= 4 is 5.91 Å². The Balaban J connectivity index is 1.69. The molecular weight excluding hydrogens is 248 g/mol. The van der Waals surface area contributed by atoms with Crippen LogP contribution in [0.2, 0.25) is 0 Å². The first kappa shape index (κ1) is 13.6. The molecule has 0 aromatic heterocycles. The Morgan fingerprint density at radius 2 is 1.95 bits per heavy atom. The van der Waals surface area contributed by atoms with Crippen molar-refractivity contribution < 1.29 is 4.79 Å². The number of rotatable bonds is 2. The molecule has 2 N–H and O–H groups in total. The minimum absolute atomic E-state index is 0.168. The normalized spacial score (nSPS) is 33.6. The third-order valence-electron chi connectivity index (χ3n) is 5.09. The quantitative estimate of drug-likeness (QED) is 0.899. The second-order valence-corrected chi connectivity index (χ2v) is 6.35. The number of nitrogens with zero attached hydrogens (tertiary/aromatic N) is 1. The minimum atomic E-state index is 0.168. The Bertz CT molecular complexity index is 473. The first-order chi connectivity index (χ1) is 9.66. The maximum absolute atomic E-state index is 12.7. The summed E-state index contributed by atoms with van der Waals surface area (Å²) in [7, 11) is 0. The predicted octanol–water partition coefficient (Wildman–Crippen LogP) is 2.52. The van der Waals surface area contributed by atoms with Crippen molar-refractivity contribution in [3.05, 3.63) is 35.9 Å². The molecule has 4 atom stereocenters. The summed E-state index contributed by atoms with van der Waals surface area (Å²) >= 11 is 0. The largest absolute Gasteiger partial charge is 0.339 e. The van der Waals surface area contributed by atoms with Crippen LogP contribution in [0.15, 0.2) is 30.3 Å². The van der Waals surface area contributed by atoms with Crippen LogP contribution < -0.4 is 5.73 Å². The number of carbonyl (C=O) groups is 1. The molecule has 0 bridgehead atoms. The lowest BCUT2D eigenvalue weighted by atomic mass is 9.92. The highest BCUT2D eigenvalue weighted by Crippen LogP contribution is 2.36. The van der Waals surface area contributed by atoms with Crippen LogP contribution >= 0.6 is 0 Å². The van der Waals surface area contributed by atoms with E-state index in [-0.39, 0.29) is 12.0 Å². The van der Waals surface area contributed by atoms with Crippen molar-refractivity contribution in [3.8, 4) is 0 Å². The molecule has 0 unspecified atom stereocenters. The summed E-state index contributed by atoms with van der Waals surface area (Å²) in [5, 5.41) is 0. The van der Waals surface area contributed by atoms with Crippen LogP contribution in [-0.4, -0.2) is 29.4 Å². The molecule has 1 aromatic carbocycles. The topological polar surface area (TPSA) is 46.3 Å². The van der Waals surface area contributed by atoms with E-state index in [2.05, 4.69) is 36.1 Å². The van der Waals surface area contributed by atoms with E-state index < -0.39 is 0 Å². The zero-order chi connectivity index (χ0) is 14.1. The van der Waals surface area contributed by atoms with Crippen molar-refractivity contribution in [2.45, 2.75) is 50.6 Å². The fraction of sp³-hybridized carbons (Fsp3) is 0.588. The third kappa shape index (κ3) is 2.47. The average Bonchev–Trinajstić information content (AvgIpc) is 3.05. The monoisotopic (exact) mass is 272 g/mol. The summed E-state index contributed by atoms with van der Waals surface area (Å²) < 4.78 is 0. The predicted molar refractivity (Wildman–Crippen MR) is 80.3 cm³/mol. The zero-order valence-electron chi connectivity index (χ0n) is 12.2. The molecule has 1 aromatic rings. The first-order valence-corrected chi connectivity index (χ1v) is 7.78. The van der Waals surface area contributed by atoms with Gasteiger partial charge < -0.3 is 10.6 Å². The molecule has 1 amide bonds. The lowest BCUT2D eigenvalue weighted by Gasteiger charge is -2.27. The van der Waals surface area contributed by atoms with Crippen LogP contribution in [0.1, 0.15) is 44.1 Å². The Morgan fingerprint density at radius 1 is 1.20 bits per heavy atom. The number of benzene rings is 1. The molecule has 2 aliphatic rings. The van der Waals surface area contributed by atoms with Crippen molar-refractivity contribution in [1.82, 2.24) is 4.90 Å². The van der Waals surface area contributed by atoms with E-state index in [1.165, 1.54) is 5.56 Å². The van der Waals surface area contributed by atoms with Crippen LogP contribution in [0.25, 0.3) is 0 Å². The van der Waals surface area contributed by atoms with Gasteiger partial charge in [-0.05, 0) is 38.2 Å². The molecule has 20 heavy (non-hydrogen) atoms. The van der Waals surface area contributed by atoms with E-state index in [4.69, 9.17) is 5.73 Å². The smallest absolute Gasteiger partial charge is 0.226 e. The van der Waals surface area contributed by atoms with Gasteiger partial charge in [-0.3, -0.25) is 4.79 Å². The highest BCUT2D eigenvalue weighted by molar-refractivity contribution is 5.80. The fourth-order valence-corrected chi connectivity index (χ4v) is 3.87. The number of hydrogen-bond donors (Lipinski definition) is 1. The van der Waals surface area contributed by atoms with Gasteiger partial charge in [0.2, 0.25) is 5.91 Å². The van der Waals surface area contributed by atoms with Crippen LogP contribution in [0, 0.1) is 5.92 Å². The molecule has 3 nitrogen and oxygen atoms in total. The highest BCUT2D eigenvalue weighted by atomic mass is 16.2. The van der Waals surface area contributed by atoms with Crippen LogP contribution in [0.3, 0.4) is 0 Å². The summed E-state index contributed by atoms with van der Waals surface area (Å²) in [5.41, 5.74) is 7.30. The number of likely N-dealkylation sites (tertiary alicyclic amines) is 1. The van der Waals surface area contributed by atoms with Gasteiger partial charge in [-0.2, -0.15) is 0 Å². The average molecular weight is 272 g/mol. The van der Waals surface area contributed by atoms with E-state index in [1.807, 2.05) is 6.07 Å². The molecule has 108 valence electrons. The molecule has 1 heterocycles. The van der Waals surface area contributed by atoms with Crippen molar-refractivity contribution in [3.63, 3.8) is 0 Å². The van der Waals surface area contributed by atoms with Gasteiger partial charge in [0.15, 0.2) is 0 Å². The molecule has 1 aliphatic carbocycles.